The molecule has 0 atom stereocenters. The first-order valence-corrected chi connectivity index (χ1v) is 5.93. The maximum Gasteiger partial charge on any atom is -0.0318 e. The van der Waals surface area contributed by atoms with Crippen LogP contribution in [0, 0.1) is 47.3 Å². The van der Waals surface area contributed by atoms with Gasteiger partial charge in [-0.05, 0) is 73.0 Å². The van der Waals surface area contributed by atoms with Crippen molar-refractivity contribution < 1.29 is 0 Å². The summed E-state index contributed by atoms with van der Waals surface area (Å²) >= 11 is 0. The van der Waals surface area contributed by atoms with Gasteiger partial charge < -0.3 is 0 Å². The minimum Gasteiger partial charge on any atom is -0.0470 e. The van der Waals surface area contributed by atoms with Crippen LogP contribution in [0.4, 0.5) is 0 Å². The summed E-state index contributed by atoms with van der Waals surface area (Å²) in [4.78, 5) is 0. The fraction of sp³-hybridized carbons (Fsp3) is 1.00. The van der Waals surface area contributed by atoms with Crippen LogP contribution >= 0.6 is 0 Å². The van der Waals surface area contributed by atoms with E-state index in [-0.39, 0.29) is 0 Å². The quantitative estimate of drug-likeness (QED) is 0.511. The molecule has 0 aromatic carbocycles. The van der Waals surface area contributed by atoms with Crippen molar-refractivity contribution in [2.24, 2.45) is 47.3 Å². The number of hydrogen-bond acceptors (Lipinski definition) is 0. The molecule has 0 spiro atoms. The first-order valence-electron chi connectivity index (χ1n) is 5.93. The standard InChI is InChI=1S/C12H16/c1-5-2-7-4-8-3-6(1)10-9(5)11(7)12(8)10/h5-12H,1-4H2. The first kappa shape index (κ1) is 5.67. The van der Waals surface area contributed by atoms with Crippen molar-refractivity contribution in [3.8, 4) is 0 Å². The van der Waals surface area contributed by atoms with Crippen LogP contribution in [-0.2, 0) is 0 Å². The van der Waals surface area contributed by atoms with Gasteiger partial charge >= 0.3 is 0 Å². The van der Waals surface area contributed by atoms with Crippen LogP contribution in [-0.4, -0.2) is 0 Å². The minimum absolute atomic E-state index is 1.23. The van der Waals surface area contributed by atoms with Crippen molar-refractivity contribution in [2.45, 2.75) is 25.7 Å². The van der Waals surface area contributed by atoms with Crippen LogP contribution < -0.4 is 0 Å². The maximum atomic E-state index is 1.66. The third-order valence-corrected chi connectivity index (χ3v) is 6.38. The molecule has 0 heteroatoms. The second kappa shape index (κ2) is 1.40. The first-order chi connectivity index (χ1) is 5.93. The Morgan fingerprint density at radius 3 is 0.917 bits per heavy atom. The zero-order chi connectivity index (χ0) is 7.45. The third kappa shape index (κ3) is 0.352. The fourth-order valence-electron chi connectivity index (χ4n) is 6.59. The molecule has 0 unspecified atom stereocenters. The smallest absolute Gasteiger partial charge is 0.0318 e. The highest BCUT2D eigenvalue weighted by atomic mass is 14.8. The minimum atomic E-state index is 1.23. The predicted molar refractivity (Wildman–Crippen MR) is 46.4 cm³/mol. The molecule has 0 N–H and O–H groups in total. The van der Waals surface area contributed by atoms with Crippen LogP contribution in [0.25, 0.3) is 0 Å². The summed E-state index contributed by atoms with van der Waals surface area (Å²) in [7, 11) is 0. The Morgan fingerprint density at radius 1 is 0.417 bits per heavy atom. The van der Waals surface area contributed by atoms with Crippen molar-refractivity contribution in [3.05, 3.63) is 0 Å². The Morgan fingerprint density at radius 2 is 0.667 bits per heavy atom. The van der Waals surface area contributed by atoms with Gasteiger partial charge in [0.15, 0.2) is 0 Å². The molecular formula is C12H16. The lowest BCUT2D eigenvalue weighted by Crippen LogP contribution is -2.41. The molecule has 0 bridgehead atoms. The van der Waals surface area contributed by atoms with Gasteiger partial charge in [0.2, 0.25) is 0 Å². The fourth-order valence-corrected chi connectivity index (χ4v) is 6.59. The Labute approximate surface area is 73.7 Å². The summed E-state index contributed by atoms with van der Waals surface area (Å²) < 4.78 is 0. The van der Waals surface area contributed by atoms with Gasteiger partial charge in [0, 0.05) is 0 Å². The molecule has 0 aromatic heterocycles. The molecule has 5 saturated carbocycles. The van der Waals surface area contributed by atoms with Gasteiger partial charge in [-0.3, -0.25) is 0 Å². The van der Waals surface area contributed by atoms with Gasteiger partial charge in [0.05, 0.1) is 0 Å². The Bertz CT molecular complexity index is 197. The van der Waals surface area contributed by atoms with Gasteiger partial charge in [-0.1, -0.05) is 0 Å². The van der Waals surface area contributed by atoms with Crippen LogP contribution in [0.3, 0.4) is 0 Å². The largest absolute Gasteiger partial charge is 0.0470 e. The normalized spacial score (nSPS) is 80.0. The Kier molecular flexibility index (Phi) is 0.663. The molecule has 5 aliphatic rings. The second-order valence-corrected chi connectivity index (χ2v) is 6.29. The predicted octanol–water partition coefficient (Wildman–Crippen LogP) is 2.54. The maximum absolute atomic E-state index is 1.66. The molecule has 0 amide bonds. The lowest BCUT2D eigenvalue weighted by molar-refractivity contribution is 0.0202. The molecule has 64 valence electrons. The van der Waals surface area contributed by atoms with E-state index in [0.29, 0.717) is 0 Å². The van der Waals surface area contributed by atoms with Crippen LogP contribution in [0.1, 0.15) is 25.7 Å². The lowest BCUT2D eigenvalue weighted by atomic mass is 9.60. The highest BCUT2D eigenvalue weighted by Crippen LogP contribution is 2.79. The van der Waals surface area contributed by atoms with Gasteiger partial charge in [-0.15, -0.1) is 0 Å². The van der Waals surface area contributed by atoms with Gasteiger partial charge in [0.25, 0.3) is 0 Å². The molecule has 0 nitrogen and oxygen atoms in total. The summed E-state index contributed by atoms with van der Waals surface area (Å²) in [5, 5.41) is 0. The van der Waals surface area contributed by atoms with Crippen LogP contribution in [0.2, 0.25) is 0 Å². The number of rotatable bonds is 0. The summed E-state index contributed by atoms with van der Waals surface area (Å²) in [6.07, 6.45) is 6.65. The monoisotopic (exact) mass is 160 g/mol. The summed E-state index contributed by atoms with van der Waals surface area (Å²) in [5.41, 5.74) is 0. The van der Waals surface area contributed by atoms with E-state index >= 15 is 0 Å². The highest BCUT2D eigenvalue weighted by molar-refractivity contribution is 5.21. The van der Waals surface area contributed by atoms with E-state index in [9.17, 15) is 0 Å². The average molecular weight is 160 g/mol. The van der Waals surface area contributed by atoms with Crippen LogP contribution in [0.5, 0.6) is 0 Å². The molecule has 0 aliphatic heterocycles. The Balaban J connectivity index is 1.80. The Hall–Kier alpha value is 0. The summed E-state index contributed by atoms with van der Waals surface area (Å²) in [6.45, 7) is 0. The van der Waals surface area contributed by atoms with E-state index in [1.807, 2.05) is 0 Å². The van der Waals surface area contributed by atoms with E-state index in [0.717, 1.165) is 0 Å². The van der Waals surface area contributed by atoms with Crippen molar-refractivity contribution in [1.29, 1.82) is 0 Å². The van der Waals surface area contributed by atoms with E-state index in [4.69, 9.17) is 0 Å². The van der Waals surface area contributed by atoms with Crippen molar-refractivity contribution >= 4 is 0 Å². The van der Waals surface area contributed by atoms with E-state index in [1.54, 1.807) is 25.7 Å². The van der Waals surface area contributed by atoms with E-state index in [1.165, 1.54) is 47.3 Å². The molecule has 0 saturated heterocycles. The molecule has 0 aromatic rings. The lowest BCUT2D eigenvalue weighted by Gasteiger charge is -2.45. The second-order valence-electron chi connectivity index (χ2n) is 6.29. The highest BCUT2D eigenvalue weighted by Gasteiger charge is 2.73. The zero-order valence-corrected chi connectivity index (χ0v) is 7.45. The molecule has 0 radical (unpaired) electrons. The molecule has 12 heavy (non-hydrogen) atoms. The molecule has 5 aliphatic carbocycles. The van der Waals surface area contributed by atoms with Gasteiger partial charge in [-0.2, -0.15) is 0 Å². The van der Waals surface area contributed by atoms with Gasteiger partial charge in [-0.25, -0.2) is 0 Å². The number of hydrogen-bond donors (Lipinski definition) is 0. The van der Waals surface area contributed by atoms with Crippen LogP contribution in [0.15, 0.2) is 0 Å². The molecule has 0 heterocycles. The van der Waals surface area contributed by atoms with E-state index < -0.39 is 0 Å². The zero-order valence-electron chi connectivity index (χ0n) is 7.45. The average Bonchev–Trinajstić information content (AvgIpc) is 2.31. The summed E-state index contributed by atoms with van der Waals surface area (Å²) in [6, 6.07) is 0. The molecule has 5 rings (SSSR count). The van der Waals surface area contributed by atoms with Gasteiger partial charge in [0.1, 0.15) is 0 Å². The SMILES string of the molecule is C1C2CC3CC4CC1C1C2C3C41. The van der Waals surface area contributed by atoms with Crippen molar-refractivity contribution in [1.82, 2.24) is 0 Å². The molecular weight excluding hydrogens is 144 g/mol. The topological polar surface area (TPSA) is 0 Å². The van der Waals surface area contributed by atoms with Crippen molar-refractivity contribution in [2.75, 3.05) is 0 Å². The third-order valence-electron chi connectivity index (χ3n) is 6.38. The van der Waals surface area contributed by atoms with E-state index in [2.05, 4.69) is 0 Å². The summed E-state index contributed by atoms with van der Waals surface area (Å²) in [5.74, 6) is 10.0. The van der Waals surface area contributed by atoms with Crippen molar-refractivity contribution in [3.63, 3.8) is 0 Å². The molecule has 5 fully saturated rings.